The maximum absolute atomic E-state index is 13.7. The maximum atomic E-state index is 13.7. The molecule has 5 rings (SSSR count). The zero-order valence-electron chi connectivity index (χ0n) is 26.2. The standard InChI is InChI=1S/C32H38F3N5O5S/c1-38(2)30(41)18-39-14-11-21(12-15-39)26-19-45-28-10-9-27-24(31(28)37-26)16-22(40(27)20-32(33,34)35)6-5-13-36-25-8-7-23(46(4,42)43)17-29(25)44-3/h7-10,16-17,21,26,36-37H,11-15,18-20H2,1-4H3. The summed E-state index contributed by atoms with van der Waals surface area (Å²) in [5, 5.41) is 7.21. The third-order valence-electron chi connectivity index (χ3n) is 8.38. The normalized spacial score (nSPS) is 17.3. The fourth-order valence-corrected chi connectivity index (χ4v) is 6.50. The number of amides is 1. The molecule has 3 heterocycles. The van der Waals surface area contributed by atoms with Crippen LogP contribution in [0, 0.1) is 17.8 Å². The number of benzene rings is 2. The molecule has 1 saturated heterocycles. The number of rotatable bonds is 8. The predicted octanol–water partition coefficient (Wildman–Crippen LogP) is 4.05. The van der Waals surface area contributed by atoms with Crippen molar-refractivity contribution in [2.45, 2.75) is 36.5 Å². The highest BCUT2D eigenvalue weighted by atomic mass is 32.2. The number of likely N-dealkylation sites (N-methyl/N-ethyl adjacent to an activating group) is 1. The van der Waals surface area contributed by atoms with Crippen molar-refractivity contribution in [3.05, 3.63) is 42.1 Å². The Bertz CT molecular complexity index is 1770. The lowest BCUT2D eigenvalue weighted by Gasteiger charge is -2.38. The topological polar surface area (TPSA) is 105 Å². The highest BCUT2D eigenvalue weighted by molar-refractivity contribution is 7.90. The molecule has 14 heteroatoms. The van der Waals surface area contributed by atoms with Crippen molar-refractivity contribution in [2.24, 2.45) is 5.92 Å². The summed E-state index contributed by atoms with van der Waals surface area (Å²) in [6.07, 6.45) is -1.64. The molecule has 1 aromatic heterocycles. The van der Waals surface area contributed by atoms with E-state index in [1.165, 1.54) is 19.2 Å². The molecular weight excluding hydrogens is 623 g/mol. The van der Waals surface area contributed by atoms with Crippen LogP contribution in [-0.2, 0) is 21.2 Å². The quantitative estimate of drug-likeness (QED) is 0.349. The molecular formula is C32H38F3N5O5S. The molecule has 0 bridgehead atoms. The number of fused-ring (bicyclic) bond motifs is 3. The lowest BCUT2D eigenvalue weighted by Crippen LogP contribution is -2.46. The SMILES string of the molecule is COc1cc(S(C)(=O)=O)ccc1NCC#Cc1cc2c3c(ccc2n1CC(F)(F)F)OCC(C1CCN(CC(=O)N(C)C)CC1)N3. The molecule has 1 amide bonds. The van der Waals surface area contributed by atoms with Crippen LogP contribution in [0.15, 0.2) is 41.3 Å². The number of carbonyl (C=O) groups is 1. The smallest absolute Gasteiger partial charge is 0.406 e. The van der Waals surface area contributed by atoms with E-state index in [2.05, 4.69) is 27.4 Å². The Morgan fingerprint density at radius 3 is 2.57 bits per heavy atom. The second kappa shape index (κ2) is 13.3. The highest BCUT2D eigenvalue weighted by Crippen LogP contribution is 2.40. The van der Waals surface area contributed by atoms with Gasteiger partial charge in [-0.25, -0.2) is 8.42 Å². The van der Waals surface area contributed by atoms with Gasteiger partial charge in [-0.2, -0.15) is 13.2 Å². The summed E-state index contributed by atoms with van der Waals surface area (Å²) in [4.78, 5) is 16.0. The number of hydrogen-bond acceptors (Lipinski definition) is 8. The van der Waals surface area contributed by atoms with Crippen LogP contribution >= 0.6 is 0 Å². The van der Waals surface area contributed by atoms with Crippen molar-refractivity contribution in [3.63, 3.8) is 0 Å². The average molecular weight is 662 g/mol. The maximum Gasteiger partial charge on any atom is 0.406 e. The van der Waals surface area contributed by atoms with E-state index < -0.39 is 22.6 Å². The van der Waals surface area contributed by atoms with Crippen molar-refractivity contribution in [2.75, 3.05) is 70.9 Å². The minimum Gasteiger partial charge on any atom is -0.495 e. The summed E-state index contributed by atoms with van der Waals surface area (Å²) in [6.45, 7) is 1.25. The number of likely N-dealkylation sites (tertiary alicyclic amines) is 1. The van der Waals surface area contributed by atoms with Crippen molar-refractivity contribution >= 4 is 38.0 Å². The third kappa shape index (κ3) is 7.64. The van der Waals surface area contributed by atoms with E-state index >= 15 is 0 Å². The first kappa shape index (κ1) is 33.3. The van der Waals surface area contributed by atoms with Gasteiger partial charge in [0, 0.05) is 31.8 Å². The molecule has 0 radical (unpaired) electrons. The van der Waals surface area contributed by atoms with Crippen LogP contribution in [0.4, 0.5) is 24.5 Å². The molecule has 1 unspecified atom stereocenters. The lowest BCUT2D eigenvalue weighted by atomic mass is 9.88. The number of nitrogens with one attached hydrogen (secondary N) is 2. The number of ether oxygens (including phenoxy) is 2. The Morgan fingerprint density at radius 2 is 1.91 bits per heavy atom. The zero-order valence-corrected chi connectivity index (χ0v) is 27.0. The fourth-order valence-electron chi connectivity index (χ4n) is 5.87. The van der Waals surface area contributed by atoms with E-state index in [4.69, 9.17) is 9.47 Å². The molecule has 2 aromatic carbocycles. The monoisotopic (exact) mass is 661 g/mol. The number of nitrogens with zero attached hydrogens (tertiary/aromatic N) is 3. The van der Waals surface area contributed by atoms with Crippen molar-refractivity contribution < 1.29 is 35.9 Å². The van der Waals surface area contributed by atoms with Crippen LogP contribution in [0.3, 0.4) is 0 Å². The van der Waals surface area contributed by atoms with E-state index in [-0.39, 0.29) is 35.0 Å². The first-order chi connectivity index (χ1) is 21.7. The lowest BCUT2D eigenvalue weighted by molar-refractivity contribution is -0.140. The van der Waals surface area contributed by atoms with Gasteiger partial charge in [0.2, 0.25) is 5.91 Å². The molecule has 1 fully saturated rings. The first-order valence-electron chi connectivity index (χ1n) is 14.9. The molecule has 10 nitrogen and oxygen atoms in total. The number of sulfone groups is 1. The van der Waals surface area contributed by atoms with Gasteiger partial charge in [-0.15, -0.1) is 0 Å². The molecule has 2 N–H and O–H groups in total. The summed E-state index contributed by atoms with van der Waals surface area (Å²) in [5.41, 5.74) is 1.73. The molecule has 3 aromatic rings. The number of anilines is 2. The summed E-state index contributed by atoms with van der Waals surface area (Å²) in [5.74, 6) is 7.00. The zero-order chi connectivity index (χ0) is 33.2. The molecule has 0 aliphatic carbocycles. The van der Waals surface area contributed by atoms with Gasteiger partial charge >= 0.3 is 6.18 Å². The molecule has 46 heavy (non-hydrogen) atoms. The molecule has 2 aliphatic heterocycles. The fraction of sp³-hybridized carbons (Fsp3) is 0.469. The van der Waals surface area contributed by atoms with Crippen molar-refractivity contribution in [3.8, 4) is 23.3 Å². The minimum atomic E-state index is -4.47. The average Bonchev–Trinajstić information content (AvgIpc) is 3.34. The summed E-state index contributed by atoms with van der Waals surface area (Å²) >= 11 is 0. The van der Waals surface area contributed by atoms with Gasteiger partial charge in [-0.1, -0.05) is 5.92 Å². The van der Waals surface area contributed by atoms with Gasteiger partial charge in [0.1, 0.15) is 24.7 Å². The summed E-state index contributed by atoms with van der Waals surface area (Å²) in [7, 11) is 1.47. The first-order valence-corrected chi connectivity index (χ1v) is 16.8. The number of methoxy groups -OCH3 is 1. The number of hydrogen-bond donors (Lipinski definition) is 2. The summed E-state index contributed by atoms with van der Waals surface area (Å²) < 4.78 is 77.5. The predicted molar refractivity (Wildman–Crippen MR) is 170 cm³/mol. The van der Waals surface area contributed by atoms with E-state index in [0.29, 0.717) is 46.9 Å². The van der Waals surface area contributed by atoms with Crippen LogP contribution in [0.2, 0.25) is 0 Å². The highest BCUT2D eigenvalue weighted by Gasteiger charge is 2.33. The Hall–Kier alpha value is -4.09. The Labute approximate surface area is 266 Å². The summed E-state index contributed by atoms with van der Waals surface area (Å²) in [6, 6.07) is 9.33. The van der Waals surface area contributed by atoms with Gasteiger partial charge in [-0.3, -0.25) is 9.69 Å². The van der Waals surface area contributed by atoms with E-state index in [0.717, 1.165) is 36.8 Å². The molecule has 0 saturated carbocycles. The Morgan fingerprint density at radius 1 is 1.17 bits per heavy atom. The van der Waals surface area contributed by atoms with Gasteiger partial charge in [-0.05, 0) is 68.1 Å². The van der Waals surface area contributed by atoms with E-state index in [1.54, 1.807) is 43.3 Å². The molecule has 1 atom stereocenters. The van der Waals surface area contributed by atoms with E-state index in [1.807, 2.05) is 0 Å². The van der Waals surface area contributed by atoms with Gasteiger partial charge in [0.15, 0.2) is 9.84 Å². The van der Waals surface area contributed by atoms with Crippen LogP contribution in [-0.4, -0.2) is 101 Å². The molecule has 248 valence electrons. The van der Waals surface area contributed by atoms with Crippen LogP contribution in [0.1, 0.15) is 18.5 Å². The van der Waals surface area contributed by atoms with Gasteiger partial charge in [0.05, 0.1) is 53.7 Å². The molecule has 0 spiro atoms. The van der Waals surface area contributed by atoms with Crippen LogP contribution in [0.25, 0.3) is 10.9 Å². The van der Waals surface area contributed by atoms with Gasteiger partial charge < -0.3 is 29.6 Å². The van der Waals surface area contributed by atoms with Crippen LogP contribution in [0.5, 0.6) is 11.5 Å². The second-order valence-electron chi connectivity index (χ2n) is 11.9. The third-order valence-corrected chi connectivity index (χ3v) is 9.49. The van der Waals surface area contributed by atoms with Gasteiger partial charge in [0.25, 0.3) is 0 Å². The van der Waals surface area contributed by atoms with Crippen LogP contribution < -0.4 is 20.1 Å². The Kier molecular flexibility index (Phi) is 9.65. The minimum absolute atomic E-state index is 0.0291. The van der Waals surface area contributed by atoms with E-state index in [9.17, 15) is 26.4 Å². The van der Waals surface area contributed by atoms with Crippen molar-refractivity contribution in [1.29, 1.82) is 0 Å². The number of aromatic nitrogens is 1. The second-order valence-corrected chi connectivity index (χ2v) is 13.9. The number of alkyl halides is 3. The molecule has 2 aliphatic rings. The number of piperidine rings is 1. The largest absolute Gasteiger partial charge is 0.495 e. The number of carbonyl (C=O) groups excluding carboxylic acids is 1. The Balaban J connectivity index is 1.36. The van der Waals surface area contributed by atoms with Crippen molar-refractivity contribution in [1.82, 2.24) is 14.4 Å². The number of halogens is 3.